The van der Waals surface area contributed by atoms with Gasteiger partial charge in [0.05, 0.1) is 24.6 Å². The Kier molecular flexibility index (Phi) is 3.51. The van der Waals surface area contributed by atoms with Gasteiger partial charge in [0.15, 0.2) is 5.41 Å². The Hall–Kier alpha value is -2.87. The first kappa shape index (κ1) is 14.1. The van der Waals surface area contributed by atoms with Gasteiger partial charge in [-0.1, -0.05) is 18.2 Å². The van der Waals surface area contributed by atoms with Gasteiger partial charge < -0.3 is 4.74 Å². The third-order valence-corrected chi connectivity index (χ3v) is 3.78. The molecule has 1 N–H and O–H groups in total. The fraction of sp³-hybridized carbons (Fsp3) is 0.176. The number of nitrogens with one attached hydrogen (secondary N) is 1. The minimum atomic E-state index is -1.41. The van der Waals surface area contributed by atoms with E-state index in [0.717, 1.165) is 11.3 Å². The summed E-state index contributed by atoms with van der Waals surface area (Å²) in [6.07, 6.45) is 4.79. The maximum Gasteiger partial charge on any atom is 0.151 e. The van der Waals surface area contributed by atoms with Gasteiger partial charge in [-0.3, -0.25) is 5.10 Å². The molecule has 3 rings (SSSR count). The van der Waals surface area contributed by atoms with Crippen molar-refractivity contribution in [3.8, 4) is 23.1 Å². The van der Waals surface area contributed by atoms with Crippen LogP contribution in [0.25, 0.3) is 11.3 Å². The van der Waals surface area contributed by atoms with E-state index in [-0.39, 0.29) is 0 Å². The smallest absolute Gasteiger partial charge is 0.151 e. The van der Waals surface area contributed by atoms with Crippen molar-refractivity contribution in [2.24, 2.45) is 0 Å². The SMILES string of the molecule is COc1ccc(-c2cc(C3(C#N)C=CC=CC3F)[nH]n2)cc1. The van der Waals surface area contributed by atoms with Gasteiger partial charge >= 0.3 is 0 Å². The number of hydrogen-bond acceptors (Lipinski definition) is 3. The molecule has 2 atom stereocenters. The molecule has 1 aliphatic carbocycles. The molecule has 4 nitrogen and oxygen atoms in total. The summed E-state index contributed by atoms with van der Waals surface area (Å²) in [7, 11) is 1.60. The molecule has 0 amide bonds. The first-order valence-corrected chi connectivity index (χ1v) is 6.81. The fourth-order valence-electron chi connectivity index (χ4n) is 2.45. The molecule has 1 aromatic heterocycles. The van der Waals surface area contributed by atoms with Crippen LogP contribution in [0.2, 0.25) is 0 Å². The van der Waals surface area contributed by atoms with Crippen molar-refractivity contribution in [2.75, 3.05) is 7.11 Å². The molecule has 1 aliphatic rings. The molecule has 0 fully saturated rings. The predicted molar refractivity (Wildman–Crippen MR) is 81.0 cm³/mol. The number of nitriles is 1. The first-order chi connectivity index (χ1) is 10.7. The second-order valence-corrected chi connectivity index (χ2v) is 5.02. The van der Waals surface area contributed by atoms with E-state index in [9.17, 15) is 9.65 Å². The Labute approximate surface area is 127 Å². The molecule has 0 bridgehead atoms. The number of halogens is 1. The number of ether oxygens (including phenoxy) is 1. The number of methoxy groups -OCH3 is 1. The van der Waals surface area contributed by atoms with Gasteiger partial charge in [-0.15, -0.1) is 0 Å². The van der Waals surface area contributed by atoms with Gasteiger partial charge in [-0.2, -0.15) is 10.4 Å². The van der Waals surface area contributed by atoms with Gasteiger partial charge in [-0.25, -0.2) is 4.39 Å². The lowest BCUT2D eigenvalue weighted by Crippen LogP contribution is -2.34. The maximum atomic E-state index is 14.3. The molecule has 0 radical (unpaired) electrons. The number of rotatable bonds is 3. The molecular formula is C17H14FN3O. The third kappa shape index (κ3) is 2.19. The Morgan fingerprint density at radius 2 is 2.09 bits per heavy atom. The summed E-state index contributed by atoms with van der Waals surface area (Å²) in [5.74, 6) is 0.747. The number of aromatic amines is 1. The van der Waals surface area contributed by atoms with Crippen molar-refractivity contribution < 1.29 is 9.13 Å². The Morgan fingerprint density at radius 3 is 2.73 bits per heavy atom. The summed E-state index contributed by atoms with van der Waals surface area (Å²) >= 11 is 0. The summed E-state index contributed by atoms with van der Waals surface area (Å²) in [6.45, 7) is 0. The molecule has 1 heterocycles. The maximum absolute atomic E-state index is 14.3. The molecule has 2 unspecified atom stereocenters. The Balaban J connectivity index is 1.98. The van der Waals surface area contributed by atoms with Crippen molar-refractivity contribution in [2.45, 2.75) is 11.6 Å². The zero-order valence-corrected chi connectivity index (χ0v) is 12.0. The summed E-state index contributed by atoms with van der Waals surface area (Å²) in [6, 6.07) is 11.1. The normalized spacial score (nSPS) is 23.2. The predicted octanol–water partition coefficient (Wildman–Crippen LogP) is 3.31. The Bertz CT molecular complexity index is 770. The van der Waals surface area contributed by atoms with E-state index in [1.807, 2.05) is 24.3 Å². The minimum Gasteiger partial charge on any atom is -0.497 e. The van der Waals surface area contributed by atoms with Gasteiger partial charge in [0.25, 0.3) is 0 Å². The summed E-state index contributed by atoms with van der Waals surface area (Å²) in [5, 5.41) is 16.5. The van der Waals surface area contributed by atoms with E-state index >= 15 is 0 Å². The van der Waals surface area contributed by atoms with Crippen LogP contribution in [-0.4, -0.2) is 23.5 Å². The highest BCUT2D eigenvalue weighted by molar-refractivity contribution is 5.61. The topological polar surface area (TPSA) is 61.7 Å². The fourth-order valence-corrected chi connectivity index (χ4v) is 2.45. The van der Waals surface area contributed by atoms with E-state index in [0.29, 0.717) is 11.4 Å². The molecule has 5 heteroatoms. The third-order valence-electron chi connectivity index (χ3n) is 3.78. The van der Waals surface area contributed by atoms with E-state index in [4.69, 9.17) is 4.74 Å². The highest BCUT2D eigenvalue weighted by atomic mass is 19.1. The lowest BCUT2D eigenvalue weighted by molar-refractivity contribution is 0.318. The van der Waals surface area contributed by atoms with Gasteiger partial charge in [0.2, 0.25) is 0 Å². The quantitative estimate of drug-likeness (QED) is 0.945. The van der Waals surface area contributed by atoms with Gasteiger partial charge in [0, 0.05) is 5.56 Å². The van der Waals surface area contributed by atoms with Crippen LogP contribution in [0.5, 0.6) is 5.75 Å². The van der Waals surface area contributed by atoms with Crippen molar-refractivity contribution in [3.05, 3.63) is 60.3 Å². The van der Waals surface area contributed by atoms with Crippen LogP contribution in [0, 0.1) is 11.3 Å². The number of aromatic nitrogens is 2. The van der Waals surface area contributed by atoms with E-state index < -0.39 is 11.6 Å². The molecule has 22 heavy (non-hydrogen) atoms. The number of H-pyrrole nitrogens is 1. The average Bonchev–Trinajstić information content (AvgIpc) is 3.06. The summed E-state index contributed by atoms with van der Waals surface area (Å²) in [5.41, 5.74) is 0.602. The zero-order valence-electron chi connectivity index (χ0n) is 12.0. The highest BCUT2D eigenvalue weighted by Gasteiger charge is 2.40. The van der Waals surface area contributed by atoms with Gasteiger partial charge in [-0.05, 0) is 36.4 Å². The van der Waals surface area contributed by atoms with Crippen LogP contribution >= 0.6 is 0 Å². The lowest BCUT2D eigenvalue weighted by Gasteiger charge is -2.25. The number of hydrogen-bond donors (Lipinski definition) is 1. The molecule has 0 aliphatic heterocycles. The number of nitrogens with zero attached hydrogens (tertiary/aromatic N) is 2. The molecule has 1 aromatic carbocycles. The van der Waals surface area contributed by atoms with Gasteiger partial charge in [0.1, 0.15) is 11.9 Å². The number of benzene rings is 1. The number of alkyl halides is 1. The van der Waals surface area contributed by atoms with Crippen LogP contribution in [-0.2, 0) is 5.41 Å². The second-order valence-electron chi connectivity index (χ2n) is 5.02. The summed E-state index contributed by atoms with van der Waals surface area (Å²) < 4.78 is 19.4. The van der Waals surface area contributed by atoms with Crippen LogP contribution in [0.3, 0.4) is 0 Å². The van der Waals surface area contributed by atoms with Crippen molar-refractivity contribution in [1.29, 1.82) is 5.26 Å². The molecule has 110 valence electrons. The molecular weight excluding hydrogens is 281 g/mol. The monoisotopic (exact) mass is 295 g/mol. The standard InChI is InChI=1S/C17H14FN3O/c1-22-13-7-5-12(6-8-13)14-10-16(21-20-14)17(11-19)9-3-2-4-15(17)18/h2-10,15H,1H3,(H,20,21). The molecule has 2 aromatic rings. The first-order valence-electron chi connectivity index (χ1n) is 6.81. The van der Waals surface area contributed by atoms with Crippen molar-refractivity contribution in [3.63, 3.8) is 0 Å². The zero-order chi connectivity index (χ0) is 15.6. The van der Waals surface area contributed by atoms with Crippen LogP contribution in [0.15, 0.2) is 54.6 Å². The van der Waals surface area contributed by atoms with E-state index in [2.05, 4.69) is 16.3 Å². The largest absolute Gasteiger partial charge is 0.497 e. The highest BCUT2D eigenvalue weighted by Crippen LogP contribution is 2.35. The average molecular weight is 295 g/mol. The second kappa shape index (κ2) is 5.49. The number of allylic oxidation sites excluding steroid dienone is 4. The van der Waals surface area contributed by atoms with E-state index in [1.165, 1.54) is 6.08 Å². The van der Waals surface area contributed by atoms with Crippen LogP contribution in [0.1, 0.15) is 5.69 Å². The Morgan fingerprint density at radius 1 is 1.32 bits per heavy atom. The van der Waals surface area contributed by atoms with E-state index in [1.54, 1.807) is 31.4 Å². The van der Waals surface area contributed by atoms with Crippen molar-refractivity contribution in [1.82, 2.24) is 10.2 Å². The minimum absolute atomic E-state index is 0.439. The molecule has 0 spiro atoms. The lowest BCUT2D eigenvalue weighted by atomic mass is 9.78. The summed E-state index contributed by atoms with van der Waals surface area (Å²) in [4.78, 5) is 0. The molecule has 0 saturated carbocycles. The van der Waals surface area contributed by atoms with Crippen molar-refractivity contribution >= 4 is 0 Å². The van der Waals surface area contributed by atoms with Crippen LogP contribution in [0.4, 0.5) is 4.39 Å². The van der Waals surface area contributed by atoms with Crippen LogP contribution < -0.4 is 4.74 Å². The molecule has 0 saturated heterocycles.